The molecule has 0 aliphatic heterocycles. The summed E-state index contributed by atoms with van der Waals surface area (Å²) in [6.07, 6.45) is 0.160. The van der Waals surface area contributed by atoms with Gasteiger partial charge in [0.05, 0.1) is 45.5 Å². The minimum Gasteiger partial charge on any atom is -0.465 e. The van der Waals surface area contributed by atoms with Gasteiger partial charge in [-0.15, -0.1) is 0 Å². The standard InChI is InChI=1S/C22H11Cl2N5O2/c1-29-11(6-14-19(23)4-3-12(20(14)24)22(30)31-2)5-13-15(7-25)16(8-26)17(9-27)18(10-28)21(13)29/h3-5H,6H2,1-2H3. The highest BCUT2D eigenvalue weighted by atomic mass is 35.5. The van der Waals surface area contributed by atoms with E-state index in [0.29, 0.717) is 27.2 Å². The van der Waals surface area contributed by atoms with E-state index in [1.807, 2.05) is 24.3 Å². The second kappa shape index (κ2) is 8.39. The van der Waals surface area contributed by atoms with Crippen LogP contribution in [0.5, 0.6) is 0 Å². The normalized spacial score (nSPS) is 10.1. The van der Waals surface area contributed by atoms with E-state index in [0.717, 1.165) is 0 Å². The fraction of sp³-hybridized carbons (Fsp3) is 0.136. The van der Waals surface area contributed by atoms with Crippen molar-refractivity contribution in [3.05, 3.63) is 67.3 Å². The van der Waals surface area contributed by atoms with Gasteiger partial charge in [0.15, 0.2) is 0 Å². The summed E-state index contributed by atoms with van der Waals surface area (Å²) in [7, 11) is 2.90. The Morgan fingerprint density at radius 1 is 1.00 bits per heavy atom. The van der Waals surface area contributed by atoms with Crippen LogP contribution in [0.25, 0.3) is 10.9 Å². The van der Waals surface area contributed by atoms with Gasteiger partial charge in [-0.1, -0.05) is 23.2 Å². The van der Waals surface area contributed by atoms with E-state index in [4.69, 9.17) is 27.9 Å². The monoisotopic (exact) mass is 447 g/mol. The van der Waals surface area contributed by atoms with E-state index in [2.05, 4.69) is 0 Å². The molecule has 9 heteroatoms. The summed E-state index contributed by atoms with van der Waals surface area (Å²) in [6.45, 7) is 0. The Hall–Kier alpha value is -4.01. The van der Waals surface area contributed by atoms with Crippen molar-refractivity contribution in [3.63, 3.8) is 0 Å². The molecule has 0 amide bonds. The highest BCUT2D eigenvalue weighted by Crippen LogP contribution is 2.35. The van der Waals surface area contributed by atoms with E-state index in [1.54, 1.807) is 17.7 Å². The zero-order chi connectivity index (χ0) is 22.9. The summed E-state index contributed by atoms with van der Waals surface area (Å²) in [5.41, 5.74) is 1.28. The predicted molar refractivity (Wildman–Crippen MR) is 112 cm³/mol. The van der Waals surface area contributed by atoms with E-state index >= 15 is 0 Å². The molecule has 0 N–H and O–H groups in total. The number of benzene rings is 2. The van der Waals surface area contributed by atoms with Gasteiger partial charge in [-0.05, 0) is 23.8 Å². The molecule has 3 rings (SSSR count). The van der Waals surface area contributed by atoms with Crippen LogP contribution >= 0.6 is 23.2 Å². The molecular weight excluding hydrogens is 437 g/mol. The lowest BCUT2D eigenvalue weighted by atomic mass is 9.94. The Kier molecular flexibility index (Phi) is 5.87. The zero-order valence-corrected chi connectivity index (χ0v) is 17.8. The highest BCUT2D eigenvalue weighted by Gasteiger charge is 2.24. The number of fused-ring (bicyclic) bond motifs is 1. The summed E-state index contributed by atoms with van der Waals surface area (Å²) in [5.74, 6) is -0.615. The van der Waals surface area contributed by atoms with Gasteiger partial charge in [-0.2, -0.15) is 21.0 Å². The number of halogens is 2. The van der Waals surface area contributed by atoms with Crippen molar-refractivity contribution in [1.82, 2.24) is 4.57 Å². The van der Waals surface area contributed by atoms with E-state index in [-0.39, 0.29) is 39.3 Å². The number of carbonyl (C=O) groups is 1. The molecule has 2 aromatic carbocycles. The van der Waals surface area contributed by atoms with Crippen LogP contribution in [0.15, 0.2) is 18.2 Å². The number of ether oxygens (including phenoxy) is 1. The molecule has 0 saturated heterocycles. The molecule has 0 atom stereocenters. The van der Waals surface area contributed by atoms with E-state index in [1.165, 1.54) is 19.2 Å². The van der Waals surface area contributed by atoms with Crippen LogP contribution in [0, 0.1) is 45.3 Å². The number of aromatic nitrogens is 1. The van der Waals surface area contributed by atoms with Gasteiger partial charge in [-0.25, -0.2) is 4.79 Å². The van der Waals surface area contributed by atoms with Crippen LogP contribution in [-0.4, -0.2) is 17.6 Å². The maximum absolute atomic E-state index is 12.0. The Morgan fingerprint density at radius 3 is 2.13 bits per heavy atom. The van der Waals surface area contributed by atoms with Gasteiger partial charge >= 0.3 is 5.97 Å². The molecule has 0 fully saturated rings. The Labute approximate surface area is 187 Å². The van der Waals surface area contributed by atoms with Crippen molar-refractivity contribution < 1.29 is 9.53 Å². The van der Waals surface area contributed by atoms with Gasteiger partial charge in [0.1, 0.15) is 24.3 Å². The number of methoxy groups -OCH3 is 1. The number of rotatable bonds is 3. The molecule has 1 heterocycles. The summed E-state index contributed by atoms with van der Waals surface area (Å²) in [6, 6.07) is 12.3. The lowest BCUT2D eigenvalue weighted by molar-refractivity contribution is 0.0601. The van der Waals surface area contributed by atoms with Crippen molar-refractivity contribution >= 4 is 40.1 Å². The smallest absolute Gasteiger partial charge is 0.339 e. The largest absolute Gasteiger partial charge is 0.465 e. The van der Waals surface area contributed by atoms with Crippen molar-refractivity contribution in [2.45, 2.75) is 6.42 Å². The van der Waals surface area contributed by atoms with Gasteiger partial charge in [-0.3, -0.25) is 0 Å². The van der Waals surface area contributed by atoms with Crippen LogP contribution in [0.1, 0.15) is 43.9 Å². The average Bonchev–Trinajstić information content (AvgIpc) is 3.09. The maximum atomic E-state index is 12.0. The molecular formula is C22H11Cl2N5O2. The second-order valence-electron chi connectivity index (χ2n) is 6.46. The summed E-state index contributed by atoms with van der Waals surface area (Å²) < 4.78 is 6.39. The lowest BCUT2D eigenvalue weighted by Gasteiger charge is -2.12. The number of esters is 1. The van der Waals surface area contributed by atoms with E-state index < -0.39 is 5.97 Å². The summed E-state index contributed by atoms with van der Waals surface area (Å²) in [4.78, 5) is 12.0. The minimum absolute atomic E-state index is 0.00213. The molecule has 0 saturated carbocycles. The molecule has 0 aliphatic rings. The van der Waals surface area contributed by atoms with E-state index in [9.17, 15) is 25.8 Å². The van der Waals surface area contributed by atoms with Gasteiger partial charge in [0, 0.05) is 29.6 Å². The summed E-state index contributed by atoms with van der Waals surface area (Å²) in [5, 5.41) is 39.1. The summed E-state index contributed by atoms with van der Waals surface area (Å²) >= 11 is 12.7. The highest BCUT2D eigenvalue weighted by molar-refractivity contribution is 6.38. The van der Waals surface area contributed by atoms with Crippen molar-refractivity contribution in [3.8, 4) is 24.3 Å². The first kappa shape index (κ1) is 21.7. The lowest BCUT2D eigenvalue weighted by Crippen LogP contribution is -2.06. The third kappa shape index (κ3) is 3.33. The number of hydrogen-bond acceptors (Lipinski definition) is 6. The first-order valence-electron chi connectivity index (χ1n) is 8.68. The molecule has 1 aromatic heterocycles. The van der Waals surface area contributed by atoms with Crippen LogP contribution in [0.2, 0.25) is 10.0 Å². The zero-order valence-electron chi connectivity index (χ0n) is 16.2. The number of aryl methyl sites for hydroxylation is 1. The molecule has 0 radical (unpaired) electrons. The predicted octanol–water partition coefficient (Wildman–Crippen LogP) is 4.35. The Bertz CT molecular complexity index is 1440. The number of nitrogens with zero attached hydrogens (tertiary/aromatic N) is 5. The van der Waals surface area contributed by atoms with Crippen molar-refractivity contribution in [2.75, 3.05) is 7.11 Å². The second-order valence-corrected chi connectivity index (χ2v) is 7.25. The van der Waals surface area contributed by atoms with Crippen LogP contribution < -0.4 is 0 Å². The fourth-order valence-corrected chi connectivity index (χ4v) is 4.06. The fourth-order valence-electron chi connectivity index (χ4n) is 3.48. The number of nitriles is 4. The number of carbonyl (C=O) groups excluding carboxylic acids is 1. The molecule has 150 valence electrons. The van der Waals surface area contributed by atoms with Gasteiger partial charge < -0.3 is 9.30 Å². The Balaban J connectivity index is 2.34. The third-order valence-corrected chi connectivity index (χ3v) is 5.77. The molecule has 0 aliphatic carbocycles. The van der Waals surface area contributed by atoms with Crippen molar-refractivity contribution in [2.24, 2.45) is 7.05 Å². The average molecular weight is 448 g/mol. The maximum Gasteiger partial charge on any atom is 0.339 e. The first-order valence-corrected chi connectivity index (χ1v) is 9.43. The first-order chi connectivity index (χ1) is 14.8. The molecule has 3 aromatic rings. The molecule has 0 bridgehead atoms. The van der Waals surface area contributed by atoms with Crippen LogP contribution in [0.4, 0.5) is 0 Å². The molecule has 0 spiro atoms. The van der Waals surface area contributed by atoms with Crippen LogP contribution in [0.3, 0.4) is 0 Å². The minimum atomic E-state index is -0.615. The van der Waals surface area contributed by atoms with Gasteiger partial charge in [0.2, 0.25) is 0 Å². The topological polar surface area (TPSA) is 126 Å². The Morgan fingerprint density at radius 2 is 1.58 bits per heavy atom. The SMILES string of the molecule is COC(=O)c1ccc(Cl)c(Cc2cc3c(C#N)c(C#N)c(C#N)c(C#N)c3n2C)c1Cl. The molecule has 7 nitrogen and oxygen atoms in total. The quantitative estimate of drug-likeness (QED) is 0.549. The third-order valence-electron chi connectivity index (χ3n) is 4.98. The van der Waals surface area contributed by atoms with Crippen molar-refractivity contribution in [1.29, 1.82) is 21.0 Å². The number of hydrogen-bond donors (Lipinski definition) is 0. The molecule has 0 unspecified atom stereocenters. The van der Waals surface area contributed by atoms with Crippen LogP contribution in [-0.2, 0) is 18.2 Å². The van der Waals surface area contributed by atoms with Gasteiger partial charge in [0.25, 0.3) is 0 Å². The molecule has 31 heavy (non-hydrogen) atoms.